The Kier molecular flexibility index (Phi) is 5.34. The number of anilines is 1. The molecule has 1 fully saturated rings. The van der Waals surface area contributed by atoms with E-state index in [1.54, 1.807) is 18.2 Å². The van der Waals surface area contributed by atoms with Crippen LogP contribution in [0.4, 0.5) is 5.69 Å². The van der Waals surface area contributed by atoms with E-state index in [0.29, 0.717) is 22.6 Å². The number of rotatable bonds is 4. The SMILES string of the molecule is C#CCn1c(=NC(=O)c2cccc(N3C(=O)CCC3=O)c2)sc2cc(CC)ccc21. The molecule has 4 rings (SSSR count). The Bertz CT molecular complexity index is 1280. The highest BCUT2D eigenvalue weighted by molar-refractivity contribution is 7.16. The monoisotopic (exact) mass is 417 g/mol. The molecule has 0 spiro atoms. The summed E-state index contributed by atoms with van der Waals surface area (Å²) in [4.78, 5) is 42.8. The fourth-order valence-electron chi connectivity index (χ4n) is 3.46. The van der Waals surface area contributed by atoms with Crippen LogP contribution in [0.3, 0.4) is 0 Å². The van der Waals surface area contributed by atoms with Gasteiger partial charge < -0.3 is 4.57 Å². The zero-order chi connectivity index (χ0) is 21.3. The zero-order valence-corrected chi connectivity index (χ0v) is 17.2. The largest absolute Gasteiger partial charge is 0.305 e. The molecule has 7 heteroatoms. The highest BCUT2D eigenvalue weighted by Gasteiger charge is 2.30. The first kappa shape index (κ1) is 19.8. The molecule has 0 unspecified atom stereocenters. The molecule has 2 heterocycles. The van der Waals surface area contributed by atoms with Gasteiger partial charge in [0.25, 0.3) is 5.91 Å². The van der Waals surface area contributed by atoms with Crippen molar-refractivity contribution in [3.63, 3.8) is 0 Å². The maximum absolute atomic E-state index is 12.9. The number of thiazole rings is 1. The molecule has 0 saturated carbocycles. The Morgan fingerprint density at radius 2 is 1.93 bits per heavy atom. The molecule has 1 saturated heterocycles. The number of fused-ring (bicyclic) bond motifs is 1. The Morgan fingerprint density at radius 1 is 1.17 bits per heavy atom. The second kappa shape index (κ2) is 8.09. The van der Waals surface area contributed by atoms with Gasteiger partial charge in [0, 0.05) is 18.4 Å². The standard InChI is InChI=1S/C23H19N3O3S/c1-3-12-25-18-9-8-15(4-2)13-19(18)30-23(25)24-22(29)16-6-5-7-17(14-16)26-20(27)10-11-21(26)28/h1,5-9,13-14H,4,10-12H2,2H3. The highest BCUT2D eigenvalue weighted by atomic mass is 32.1. The van der Waals surface area contributed by atoms with Crippen molar-refractivity contribution in [3.05, 3.63) is 58.4 Å². The van der Waals surface area contributed by atoms with Crippen molar-refractivity contribution in [2.45, 2.75) is 32.7 Å². The summed E-state index contributed by atoms with van der Waals surface area (Å²) in [6.45, 7) is 2.39. The summed E-state index contributed by atoms with van der Waals surface area (Å²) in [6.07, 6.45) is 6.82. The summed E-state index contributed by atoms with van der Waals surface area (Å²) < 4.78 is 2.85. The molecule has 0 radical (unpaired) electrons. The van der Waals surface area contributed by atoms with E-state index in [-0.39, 0.29) is 24.7 Å². The van der Waals surface area contributed by atoms with Gasteiger partial charge in [0.05, 0.1) is 22.4 Å². The van der Waals surface area contributed by atoms with Gasteiger partial charge in [0.2, 0.25) is 11.8 Å². The van der Waals surface area contributed by atoms with Gasteiger partial charge in [0.1, 0.15) is 0 Å². The third-order valence-corrected chi connectivity index (χ3v) is 6.05. The number of amides is 3. The van der Waals surface area contributed by atoms with E-state index < -0.39 is 5.91 Å². The summed E-state index contributed by atoms with van der Waals surface area (Å²) in [5.41, 5.74) is 2.83. The van der Waals surface area contributed by atoms with Gasteiger partial charge in [-0.25, -0.2) is 0 Å². The summed E-state index contributed by atoms with van der Waals surface area (Å²) in [7, 11) is 0. The minimum Gasteiger partial charge on any atom is -0.305 e. The van der Waals surface area contributed by atoms with Gasteiger partial charge >= 0.3 is 0 Å². The first-order valence-electron chi connectivity index (χ1n) is 9.62. The van der Waals surface area contributed by atoms with Crippen molar-refractivity contribution in [1.82, 2.24) is 4.57 Å². The van der Waals surface area contributed by atoms with E-state index in [4.69, 9.17) is 6.42 Å². The van der Waals surface area contributed by atoms with Crippen LogP contribution in [-0.2, 0) is 22.6 Å². The molecule has 1 aromatic heterocycles. The summed E-state index contributed by atoms with van der Waals surface area (Å²) in [6, 6.07) is 12.6. The van der Waals surface area contributed by atoms with Crippen LogP contribution in [0, 0.1) is 12.3 Å². The quantitative estimate of drug-likeness (QED) is 0.483. The van der Waals surface area contributed by atoms with Gasteiger partial charge in [-0.15, -0.1) is 6.42 Å². The third kappa shape index (κ3) is 3.58. The zero-order valence-electron chi connectivity index (χ0n) is 16.4. The maximum Gasteiger partial charge on any atom is 0.279 e. The van der Waals surface area contributed by atoms with Crippen LogP contribution in [0.15, 0.2) is 47.5 Å². The fraction of sp³-hybridized carbons (Fsp3) is 0.217. The number of terminal acetylenes is 1. The lowest BCUT2D eigenvalue weighted by Crippen LogP contribution is -2.28. The number of benzene rings is 2. The maximum atomic E-state index is 12.9. The number of imide groups is 1. The van der Waals surface area contributed by atoms with E-state index in [0.717, 1.165) is 21.5 Å². The number of hydrogen-bond donors (Lipinski definition) is 0. The third-order valence-electron chi connectivity index (χ3n) is 5.00. The number of nitrogens with zero attached hydrogens (tertiary/aromatic N) is 3. The van der Waals surface area contributed by atoms with E-state index in [9.17, 15) is 14.4 Å². The Morgan fingerprint density at radius 3 is 2.63 bits per heavy atom. The second-order valence-electron chi connectivity index (χ2n) is 6.92. The number of aromatic nitrogens is 1. The van der Waals surface area contributed by atoms with Crippen LogP contribution in [0.1, 0.15) is 35.7 Å². The molecule has 6 nitrogen and oxygen atoms in total. The minimum absolute atomic E-state index is 0.189. The molecule has 3 amide bonds. The molecular weight excluding hydrogens is 398 g/mol. The van der Waals surface area contributed by atoms with Gasteiger partial charge in [0.15, 0.2) is 4.80 Å². The summed E-state index contributed by atoms with van der Waals surface area (Å²) in [5.74, 6) is 1.64. The van der Waals surface area contributed by atoms with E-state index in [1.807, 2.05) is 16.7 Å². The lowest BCUT2D eigenvalue weighted by molar-refractivity contribution is -0.121. The van der Waals surface area contributed by atoms with Crippen molar-refractivity contribution in [3.8, 4) is 12.3 Å². The average molecular weight is 417 g/mol. The first-order chi connectivity index (χ1) is 14.5. The van der Waals surface area contributed by atoms with Crippen LogP contribution in [-0.4, -0.2) is 22.3 Å². The Labute approximate surface area is 177 Å². The van der Waals surface area contributed by atoms with Crippen LogP contribution in [0.2, 0.25) is 0 Å². The van der Waals surface area contributed by atoms with Gasteiger partial charge in [-0.2, -0.15) is 4.99 Å². The van der Waals surface area contributed by atoms with Crippen LogP contribution >= 0.6 is 11.3 Å². The van der Waals surface area contributed by atoms with Crippen molar-refractivity contribution >= 4 is 45.0 Å². The van der Waals surface area contributed by atoms with Gasteiger partial charge in [-0.1, -0.05) is 36.3 Å². The number of carbonyl (C=O) groups is 3. The predicted molar refractivity (Wildman–Crippen MR) is 116 cm³/mol. The minimum atomic E-state index is -0.455. The van der Waals surface area contributed by atoms with Crippen LogP contribution in [0.5, 0.6) is 0 Å². The molecule has 1 aliphatic rings. The average Bonchev–Trinajstić information content (AvgIpc) is 3.26. The van der Waals surface area contributed by atoms with Crippen LogP contribution < -0.4 is 9.70 Å². The lowest BCUT2D eigenvalue weighted by Gasteiger charge is -2.14. The summed E-state index contributed by atoms with van der Waals surface area (Å²) in [5, 5.41) is 0. The lowest BCUT2D eigenvalue weighted by atomic mass is 10.2. The van der Waals surface area contributed by atoms with Crippen LogP contribution in [0.25, 0.3) is 10.2 Å². The molecule has 150 valence electrons. The molecule has 2 aromatic carbocycles. The molecule has 1 aliphatic heterocycles. The van der Waals surface area contributed by atoms with Gasteiger partial charge in [-0.05, 0) is 42.3 Å². The van der Waals surface area contributed by atoms with E-state index in [2.05, 4.69) is 23.9 Å². The van der Waals surface area contributed by atoms with E-state index in [1.165, 1.54) is 23.0 Å². The molecule has 0 N–H and O–H groups in total. The molecule has 30 heavy (non-hydrogen) atoms. The topological polar surface area (TPSA) is 71.7 Å². The Balaban J connectivity index is 1.76. The number of hydrogen-bond acceptors (Lipinski definition) is 4. The van der Waals surface area contributed by atoms with Crippen molar-refractivity contribution in [2.75, 3.05) is 4.90 Å². The molecule has 0 atom stereocenters. The van der Waals surface area contributed by atoms with Gasteiger partial charge in [-0.3, -0.25) is 19.3 Å². The Hall–Kier alpha value is -3.50. The molecule has 0 aliphatic carbocycles. The molecule has 0 bridgehead atoms. The smallest absolute Gasteiger partial charge is 0.279 e. The van der Waals surface area contributed by atoms with Crippen molar-refractivity contribution in [1.29, 1.82) is 0 Å². The predicted octanol–water partition coefficient (Wildman–Crippen LogP) is 3.29. The first-order valence-corrected chi connectivity index (χ1v) is 10.4. The second-order valence-corrected chi connectivity index (χ2v) is 7.93. The fourth-order valence-corrected chi connectivity index (χ4v) is 4.55. The van der Waals surface area contributed by atoms with E-state index >= 15 is 0 Å². The number of carbonyl (C=O) groups excluding carboxylic acids is 3. The molecule has 3 aromatic rings. The van der Waals surface area contributed by atoms with Crippen molar-refractivity contribution < 1.29 is 14.4 Å². The molecular formula is C23H19N3O3S. The summed E-state index contributed by atoms with van der Waals surface area (Å²) >= 11 is 1.41. The van der Waals surface area contributed by atoms with Crippen molar-refractivity contribution in [2.24, 2.45) is 4.99 Å². The normalized spacial score (nSPS) is 14.5. The number of aryl methyl sites for hydroxylation is 1. The highest BCUT2D eigenvalue weighted by Crippen LogP contribution is 2.24.